The molecule has 0 bridgehead atoms. The smallest absolute Gasteiger partial charge is 0.162 e. The maximum Gasteiger partial charge on any atom is 0.162 e. The van der Waals surface area contributed by atoms with Gasteiger partial charge >= 0.3 is 0 Å². The summed E-state index contributed by atoms with van der Waals surface area (Å²) in [6.07, 6.45) is 1.78. The van der Waals surface area contributed by atoms with Crippen LogP contribution in [-0.4, -0.2) is 17.1 Å². The van der Waals surface area contributed by atoms with E-state index in [1.54, 1.807) is 13.2 Å². The molecule has 0 aliphatic rings. The van der Waals surface area contributed by atoms with Crippen molar-refractivity contribution in [1.82, 2.24) is 9.97 Å². The van der Waals surface area contributed by atoms with E-state index in [9.17, 15) is 5.26 Å². The summed E-state index contributed by atoms with van der Waals surface area (Å²) in [7, 11) is 1.60. The second kappa shape index (κ2) is 9.29. The van der Waals surface area contributed by atoms with Gasteiger partial charge in [-0.15, -0.1) is 0 Å². The molecule has 6 heteroatoms. The van der Waals surface area contributed by atoms with Crippen LogP contribution >= 0.6 is 15.9 Å². The fourth-order valence-electron chi connectivity index (χ4n) is 3.34. The molecule has 0 spiro atoms. The quantitative estimate of drug-likeness (QED) is 0.311. The Balaban J connectivity index is 1.64. The van der Waals surface area contributed by atoms with E-state index in [4.69, 9.17) is 9.47 Å². The van der Waals surface area contributed by atoms with Crippen molar-refractivity contribution in [2.24, 2.45) is 0 Å². The van der Waals surface area contributed by atoms with E-state index in [1.165, 1.54) is 5.56 Å². The lowest BCUT2D eigenvalue weighted by molar-refractivity contribution is 0.284. The summed E-state index contributed by atoms with van der Waals surface area (Å²) < 4.78 is 12.3. The highest BCUT2D eigenvalue weighted by atomic mass is 79.9. The maximum atomic E-state index is 9.77. The molecule has 1 N–H and O–H groups in total. The Bertz CT molecular complexity index is 1350. The van der Waals surface area contributed by atoms with E-state index in [0.717, 1.165) is 32.2 Å². The van der Waals surface area contributed by atoms with Crippen LogP contribution in [-0.2, 0) is 6.61 Å². The number of benzene rings is 3. The Morgan fingerprint density at radius 2 is 1.81 bits per heavy atom. The monoisotopic (exact) mass is 487 g/mol. The Hall–Kier alpha value is -3.56. The van der Waals surface area contributed by atoms with E-state index in [0.29, 0.717) is 29.5 Å². The normalized spacial score (nSPS) is 11.4. The zero-order valence-corrected chi connectivity index (χ0v) is 19.7. The average Bonchev–Trinajstić information content (AvgIpc) is 3.21. The topological polar surface area (TPSA) is 70.9 Å². The highest BCUT2D eigenvalue weighted by Crippen LogP contribution is 2.36. The number of aryl methyl sites for hydroxylation is 2. The molecular formula is C26H22BrN3O2. The number of nitrogens with zero attached hydrogens (tertiary/aromatic N) is 2. The van der Waals surface area contributed by atoms with E-state index >= 15 is 0 Å². The number of hydrogen-bond acceptors (Lipinski definition) is 4. The molecule has 4 rings (SSSR count). The number of halogens is 1. The molecule has 5 nitrogen and oxygen atoms in total. The van der Waals surface area contributed by atoms with Gasteiger partial charge < -0.3 is 14.5 Å². The predicted octanol–water partition coefficient (Wildman–Crippen LogP) is 6.59. The molecule has 1 aromatic heterocycles. The molecule has 32 heavy (non-hydrogen) atoms. The first kappa shape index (κ1) is 21.7. The number of fused-ring (bicyclic) bond motifs is 1. The van der Waals surface area contributed by atoms with Crippen molar-refractivity contribution in [3.63, 3.8) is 0 Å². The number of nitriles is 1. The van der Waals surface area contributed by atoms with Crippen molar-refractivity contribution in [3.8, 4) is 17.6 Å². The fraction of sp³-hybridized carbons (Fsp3) is 0.154. The molecule has 0 aliphatic carbocycles. The summed E-state index contributed by atoms with van der Waals surface area (Å²) in [5, 5.41) is 9.77. The van der Waals surface area contributed by atoms with Crippen LogP contribution in [0.2, 0.25) is 0 Å². The molecule has 4 aromatic rings. The number of aromatic amines is 1. The van der Waals surface area contributed by atoms with Gasteiger partial charge in [0.25, 0.3) is 0 Å². The van der Waals surface area contributed by atoms with E-state index < -0.39 is 0 Å². The molecular weight excluding hydrogens is 466 g/mol. The second-order valence-corrected chi connectivity index (χ2v) is 8.43. The van der Waals surface area contributed by atoms with Crippen molar-refractivity contribution < 1.29 is 9.47 Å². The van der Waals surface area contributed by atoms with Crippen LogP contribution in [0.1, 0.15) is 28.1 Å². The molecule has 1 heterocycles. The standard InChI is InChI=1S/C26H22BrN3O2/c1-16-4-7-18(8-5-16)15-32-25-13-21(27)19(12-24(25)31-3)11-20(14-28)26-29-22-9-6-17(2)10-23(22)30-26/h4-13H,15H2,1-3H3,(H,29,30). The summed E-state index contributed by atoms with van der Waals surface area (Å²) in [6, 6.07) is 20.1. The second-order valence-electron chi connectivity index (χ2n) is 7.57. The van der Waals surface area contributed by atoms with Crippen LogP contribution in [0.15, 0.2) is 59.1 Å². The molecule has 0 unspecified atom stereocenters. The number of H-pyrrole nitrogens is 1. The highest BCUT2D eigenvalue weighted by Gasteiger charge is 2.13. The van der Waals surface area contributed by atoms with Gasteiger partial charge in [-0.25, -0.2) is 4.98 Å². The lowest BCUT2D eigenvalue weighted by Gasteiger charge is -2.13. The minimum Gasteiger partial charge on any atom is -0.493 e. The SMILES string of the molecule is COc1cc(C=C(C#N)c2nc3ccc(C)cc3[nH]2)c(Br)cc1OCc1ccc(C)cc1. The van der Waals surface area contributed by atoms with Crippen LogP contribution < -0.4 is 9.47 Å². The number of nitrogens with one attached hydrogen (secondary N) is 1. The third-order valence-electron chi connectivity index (χ3n) is 5.11. The summed E-state index contributed by atoms with van der Waals surface area (Å²) in [5.41, 5.74) is 6.35. The zero-order chi connectivity index (χ0) is 22.7. The van der Waals surface area contributed by atoms with Crippen LogP contribution in [0.5, 0.6) is 11.5 Å². The minimum absolute atomic E-state index is 0.426. The number of hydrogen-bond donors (Lipinski definition) is 1. The molecule has 0 amide bonds. The van der Waals surface area contributed by atoms with Gasteiger partial charge in [-0.1, -0.05) is 51.8 Å². The van der Waals surface area contributed by atoms with Gasteiger partial charge in [0.1, 0.15) is 18.5 Å². The number of methoxy groups -OCH3 is 1. The van der Waals surface area contributed by atoms with E-state index in [-0.39, 0.29) is 0 Å². The minimum atomic E-state index is 0.426. The molecule has 3 aromatic carbocycles. The molecule has 160 valence electrons. The van der Waals surface area contributed by atoms with Crippen LogP contribution in [0.25, 0.3) is 22.7 Å². The Morgan fingerprint density at radius 3 is 2.53 bits per heavy atom. The van der Waals surface area contributed by atoms with Gasteiger partial charge in [-0.05, 0) is 60.9 Å². The van der Waals surface area contributed by atoms with Crippen molar-refractivity contribution in [3.05, 3.63) is 87.1 Å². The third-order valence-corrected chi connectivity index (χ3v) is 5.80. The predicted molar refractivity (Wildman–Crippen MR) is 131 cm³/mol. The largest absolute Gasteiger partial charge is 0.493 e. The average molecular weight is 488 g/mol. The molecule has 0 radical (unpaired) electrons. The lowest BCUT2D eigenvalue weighted by atomic mass is 10.1. The first-order valence-corrected chi connectivity index (χ1v) is 10.9. The molecule has 0 fully saturated rings. The summed E-state index contributed by atoms with van der Waals surface area (Å²) in [6.45, 7) is 4.51. The van der Waals surface area contributed by atoms with Gasteiger partial charge in [0.2, 0.25) is 0 Å². The van der Waals surface area contributed by atoms with Crippen LogP contribution in [0, 0.1) is 25.2 Å². The summed E-state index contributed by atoms with van der Waals surface area (Å²) in [5.74, 6) is 1.73. The number of aromatic nitrogens is 2. The lowest BCUT2D eigenvalue weighted by Crippen LogP contribution is -1.98. The number of imidazole rings is 1. The van der Waals surface area contributed by atoms with Crippen molar-refractivity contribution in [2.75, 3.05) is 7.11 Å². The Labute approximate surface area is 195 Å². The van der Waals surface area contributed by atoms with Crippen molar-refractivity contribution in [1.29, 1.82) is 5.26 Å². The zero-order valence-electron chi connectivity index (χ0n) is 18.1. The summed E-state index contributed by atoms with van der Waals surface area (Å²) >= 11 is 3.60. The van der Waals surface area contributed by atoms with Gasteiger partial charge in [0, 0.05) is 4.47 Å². The van der Waals surface area contributed by atoms with Gasteiger partial charge in [0.15, 0.2) is 11.5 Å². The van der Waals surface area contributed by atoms with Gasteiger partial charge in [-0.3, -0.25) is 0 Å². The molecule has 0 saturated heterocycles. The summed E-state index contributed by atoms with van der Waals surface area (Å²) in [4.78, 5) is 7.80. The van der Waals surface area contributed by atoms with E-state index in [1.807, 2.05) is 49.4 Å². The van der Waals surface area contributed by atoms with Gasteiger partial charge in [-0.2, -0.15) is 5.26 Å². The Kier molecular flexibility index (Phi) is 6.29. The molecule has 0 saturated carbocycles. The molecule has 0 atom stereocenters. The Morgan fingerprint density at radius 1 is 1.06 bits per heavy atom. The van der Waals surface area contributed by atoms with Crippen molar-refractivity contribution >= 4 is 38.6 Å². The highest BCUT2D eigenvalue weighted by molar-refractivity contribution is 9.10. The first-order chi connectivity index (χ1) is 15.5. The fourth-order valence-corrected chi connectivity index (χ4v) is 3.78. The molecule has 0 aliphatic heterocycles. The van der Waals surface area contributed by atoms with Crippen LogP contribution in [0.3, 0.4) is 0 Å². The number of allylic oxidation sites excluding steroid dienone is 1. The first-order valence-electron chi connectivity index (χ1n) is 10.1. The van der Waals surface area contributed by atoms with Crippen molar-refractivity contribution in [2.45, 2.75) is 20.5 Å². The number of rotatable bonds is 6. The van der Waals surface area contributed by atoms with Crippen LogP contribution in [0.4, 0.5) is 0 Å². The maximum absolute atomic E-state index is 9.77. The number of ether oxygens (including phenoxy) is 2. The van der Waals surface area contributed by atoms with E-state index in [2.05, 4.69) is 51.0 Å². The third kappa shape index (κ3) is 4.68. The van der Waals surface area contributed by atoms with Gasteiger partial charge in [0.05, 0.1) is 23.7 Å².